The van der Waals surface area contributed by atoms with Crippen molar-refractivity contribution in [1.82, 2.24) is 4.14 Å². The molecule has 63 heavy (non-hydrogen) atoms. The SMILES string of the molecule is CC(C)(C)c1ccccc1-c1cccc2[cH-]c(-c3ccccc3)cc12.CC(C)(C)c1ccccc1-c1cccc2[cH-]c(-c3ccccc3)cc12.[B]N([Si](C)(C)C)[Si](C)(C)C.[Cl][Zr+2][Cl]. The molecule has 1 nitrogen and oxygen atoms in total. The van der Waals surface area contributed by atoms with Crippen molar-refractivity contribution in [3.8, 4) is 44.5 Å². The Balaban J connectivity index is 0.000000187. The molecule has 0 heterocycles. The molecule has 0 saturated heterocycles. The molecular weight excluding hydrogens is 916 g/mol. The molecule has 0 aliphatic rings. The van der Waals surface area contributed by atoms with Crippen molar-refractivity contribution < 1.29 is 20.8 Å². The number of nitrogens with zero attached hydrogens (tertiary/aromatic N) is 1. The number of hydrogen-bond acceptors (Lipinski definition) is 1. The molecule has 8 rings (SSSR count). The van der Waals surface area contributed by atoms with E-state index >= 15 is 0 Å². The molecule has 8 aromatic carbocycles. The standard InChI is InChI=1S/2C25H23.C6H18BNSi2.2ClH.Zr/c2*1-25(2,3)24-15-8-7-13-22(24)21-14-9-12-19-16-20(17-23(19)21)18-10-5-4-6-11-18;1-9(2,3)8(7)10(4,5)6;;;/h2*4-17H,1-3H3;1-6H3;2*1H;/q2*-1;;;;+4/p-2. The monoisotopic (exact) mass is 977 g/mol. The molecule has 0 unspecified atom stereocenters. The van der Waals surface area contributed by atoms with Gasteiger partial charge in [0.25, 0.3) is 0 Å². The number of halogens is 2. The summed E-state index contributed by atoms with van der Waals surface area (Å²) in [6, 6.07) is 61.4. The van der Waals surface area contributed by atoms with Crippen LogP contribution in [-0.2, 0) is 31.7 Å². The molecule has 0 fully saturated rings. The van der Waals surface area contributed by atoms with E-state index in [2.05, 4.69) is 255 Å². The normalized spacial score (nSPS) is 11.8. The maximum atomic E-state index is 5.98. The van der Waals surface area contributed by atoms with Gasteiger partial charge in [0, 0.05) is 0 Å². The van der Waals surface area contributed by atoms with Crippen molar-refractivity contribution in [2.45, 2.75) is 91.7 Å². The third kappa shape index (κ3) is 13.3. The van der Waals surface area contributed by atoms with Gasteiger partial charge in [0.05, 0.1) is 0 Å². The van der Waals surface area contributed by atoms with Crippen LogP contribution in [0.3, 0.4) is 0 Å². The van der Waals surface area contributed by atoms with Gasteiger partial charge in [-0.3, -0.25) is 0 Å². The van der Waals surface area contributed by atoms with Gasteiger partial charge in [-0.25, -0.2) is 0 Å². The van der Waals surface area contributed by atoms with Crippen molar-refractivity contribution in [2.24, 2.45) is 0 Å². The first kappa shape index (κ1) is 50.5. The topological polar surface area (TPSA) is 3.24 Å². The Bertz CT molecular complexity index is 2490. The van der Waals surface area contributed by atoms with E-state index in [0.29, 0.717) is 0 Å². The Morgan fingerprint density at radius 1 is 0.444 bits per heavy atom. The van der Waals surface area contributed by atoms with Crippen LogP contribution in [0.25, 0.3) is 66.1 Å². The molecule has 7 heteroatoms. The van der Waals surface area contributed by atoms with Crippen LogP contribution in [-0.4, -0.2) is 28.6 Å². The van der Waals surface area contributed by atoms with E-state index in [9.17, 15) is 0 Å². The predicted octanol–water partition coefficient (Wildman–Crippen LogP) is 17.8. The zero-order chi connectivity index (χ0) is 46.2. The Morgan fingerprint density at radius 2 is 0.746 bits per heavy atom. The van der Waals surface area contributed by atoms with Crippen LogP contribution in [0.4, 0.5) is 0 Å². The first-order valence-electron chi connectivity index (χ1n) is 21.9. The van der Waals surface area contributed by atoms with Crippen LogP contribution in [0.5, 0.6) is 0 Å². The molecule has 0 spiro atoms. The van der Waals surface area contributed by atoms with Crippen LogP contribution in [0.2, 0.25) is 39.3 Å². The minimum atomic E-state index is -1.22. The molecular formula is C56H64BCl2NSi2Zr. The van der Waals surface area contributed by atoms with Gasteiger partial charge in [-0.15, -0.1) is 69.1 Å². The molecule has 0 atom stereocenters. The summed E-state index contributed by atoms with van der Waals surface area (Å²) in [6.07, 6.45) is 0. The molecule has 0 aliphatic heterocycles. The van der Waals surface area contributed by atoms with Gasteiger partial charge in [0.15, 0.2) is 7.98 Å². The van der Waals surface area contributed by atoms with E-state index in [1.165, 1.54) is 77.2 Å². The Hall–Kier alpha value is -3.54. The second-order valence-corrected chi connectivity index (χ2v) is 34.0. The summed E-state index contributed by atoms with van der Waals surface area (Å²) < 4.78 is 2.15. The average molecular weight is 980 g/mol. The van der Waals surface area contributed by atoms with E-state index < -0.39 is 37.3 Å². The fourth-order valence-electron chi connectivity index (χ4n) is 8.28. The molecule has 0 amide bonds. The summed E-state index contributed by atoms with van der Waals surface area (Å²) in [5.74, 6) is 0. The zero-order valence-electron chi connectivity index (χ0n) is 39.4. The number of fused-ring (bicyclic) bond motifs is 2. The van der Waals surface area contributed by atoms with Gasteiger partial charge >= 0.3 is 37.9 Å². The van der Waals surface area contributed by atoms with Gasteiger partial charge in [0.1, 0.15) is 16.5 Å². The van der Waals surface area contributed by atoms with E-state index in [4.69, 9.17) is 25.0 Å². The van der Waals surface area contributed by atoms with Gasteiger partial charge in [-0.05, 0) is 33.1 Å². The molecule has 322 valence electrons. The van der Waals surface area contributed by atoms with E-state index in [0.717, 1.165) is 0 Å². The predicted molar refractivity (Wildman–Crippen MR) is 284 cm³/mol. The van der Waals surface area contributed by atoms with Crippen LogP contribution in [0.1, 0.15) is 52.7 Å². The fraction of sp³-hybridized carbons (Fsp3) is 0.250. The molecule has 8 aromatic rings. The van der Waals surface area contributed by atoms with Crippen molar-refractivity contribution >= 4 is 63.0 Å². The van der Waals surface area contributed by atoms with Crippen LogP contribution in [0, 0.1) is 0 Å². The number of hydrogen-bond donors (Lipinski definition) is 0. The van der Waals surface area contributed by atoms with E-state index in [1.807, 2.05) is 0 Å². The maximum absolute atomic E-state index is 5.98. The third-order valence-electron chi connectivity index (χ3n) is 11.2. The Kier molecular flexibility index (Phi) is 17.3. The molecule has 0 aliphatic carbocycles. The zero-order valence-corrected chi connectivity index (χ0v) is 45.4. The van der Waals surface area contributed by atoms with Crippen LogP contribution >= 0.6 is 17.0 Å². The summed E-state index contributed by atoms with van der Waals surface area (Å²) in [5.41, 5.74) is 13.5. The third-order valence-corrected chi connectivity index (χ3v) is 18.1. The van der Waals surface area contributed by atoms with Gasteiger partial charge in [-0.2, -0.15) is 0 Å². The van der Waals surface area contributed by atoms with Crippen molar-refractivity contribution in [3.05, 3.63) is 181 Å². The second-order valence-electron chi connectivity index (χ2n) is 20.2. The van der Waals surface area contributed by atoms with Gasteiger partial charge < -0.3 is 4.14 Å². The van der Waals surface area contributed by atoms with Gasteiger partial charge in [0.2, 0.25) is 0 Å². The first-order valence-corrected chi connectivity index (χ1v) is 35.1. The van der Waals surface area contributed by atoms with Gasteiger partial charge in [-0.1, -0.05) is 237 Å². The van der Waals surface area contributed by atoms with Crippen molar-refractivity contribution in [3.63, 3.8) is 0 Å². The van der Waals surface area contributed by atoms with E-state index in [-0.39, 0.29) is 10.8 Å². The number of rotatable bonds is 6. The Morgan fingerprint density at radius 3 is 1.05 bits per heavy atom. The quantitative estimate of drug-likeness (QED) is 0.119. The van der Waals surface area contributed by atoms with Crippen LogP contribution in [0.15, 0.2) is 170 Å². The summed E-state index contributed by atoms with van der Waals surface area (Å²) in [5, 5.41) is 5.27. The van der Waals surface area contributed by atoms with Crippen LogP contribution < -0.4 is 0 Å². The average Bonchev–Trinajstić information content (AvgIpc) is 3.89. The molecule has 0 bridgehead atoms. The summed E-state index contributed by atoms with van der Waals surface area (Å²) in [6.45, 7) is 27.4. The molecule has 0 N–H and O–H groups in total. The second kappa shape index (κ2) is 21.6. The number of benzene rings is 6. The fourth-order valence-corrected chi connectivity index (χ4v) is 16.3. The van der Waals surface area contributed by atoms with Crippen molar-refractivity contribution in [2.75, 3.05) is 0 Å². The summed E-state index contributed by atoms with van der Waals surface area (Å²) in [4.78, 5) is 0. The van der Waals surface area contributed by atoms with E-state index in [1.54, 1.807) is 0 Å². The summed E-state index contributed by atoms with van der Waals surface area (Å²) in [7, 11) is 13.4. The minimum absolute atomic E-state index is 0.119. The summed E-state index contributed by atoms with van der Waals surface area (Å²) >= 11 is -0.826. The Labute approximate surface area is 401 Å². The first-order chi connectivity index (χ1) is 29.6. The molecule has 2 radical (unpaired) electrons. The molecule has 0 aromatic heterocycles. The molecule has 0 saturated carbocycles. The van der Waals surface area contributed by atoms with Crippen molar-refractivity contribution in [1.29, 1.82) is 0 Å².